The predicted octanol–water partition coefficient (Wildman–Crippen LogP) is 11.0. The molecular formula is C47H50N5O4Re-. The Morgan fingerprint density at radius 3 is 1.21 bits per heavy atom. The quantitative estimate of drug-likeness (QED) is 0.157. The van der Waals surface area contributed by atoms with Gasteiger partial charge in [0, 0.05) is 44.2 Å². The summed E-state index contributed by atoms with van der Waals surface area (Å²) in [6.07, 6.45) is 20.0. The summed E-state index contributed by atoms with van der Waals surface area (Å²) in [5, 5.41) is 0. The smallest absolute Gasteiger partial charge is 0.137 e. The number of ether oxygens (including phenoxy) is 4. The Morgan fingerprint density at radius 2 is 0.807 bits per heavy atom. The van der Waals surface area contributed by atoms with E-state index in [9.17, 15) is 0 Å². The topological polar surface area (TPSA) is 101 Å². The minimum absolute atomic E-state index is 0. The third-order valence-electron chi connectivity index (χ3n) is 9.72. The third-order valence-corrected chi connectivity index (χ3v) is 9.72. The Hall–Kier alpha value is -5.17. The van der Waals surface area contributed by atoms with Crippen molar-refractivity contribution in [2.45, 2.75) is 77.0 Å². The molecule has 57 heavy (non-hydrogen) atoms. The summed E-state index contributed by atoms with van der Waals surface area (Å²) in [5.41, 5.74) is 6.41. The van der Waals surface area contributed by atoms with Crippen LogP contribution in [0.15, 0.2) is 110 Å². The maximum atomic E-state index is 6.46. The summed E-state index contributed by atoms with van der Waals surface area (Å²) in [4.78, 5) is 23.4. The molecule has 10 heteroatoms. The van der Waals surface area contributed by atoms with Crippen LogP contribution in [0.4, 0.5) is 0 Å². The minimum atomic E-state index is 0. The molecule has 0 aliphatic carbocycles. The molecule has 0 fully saturated rings. The van der Waals surface area contributed by atoms with E-state index in [0.717, 1.165) is 145 Å². The molecule has 3 aliphatic heterocycles. The van der Waals surface area contributed by atoms with Gasteiger partial charge in [0.05, 0.1) is 73.1 Å². The van der Waals surface area contributed by atoms with Crippen LogP contribution in [0.25, 0.3) is 45.3 Å². The molecule has 1 aromatic carbocycles. The van der Waals surface area contributed by atoms with Crippen LogP contribution < -0.4 is 18.9 Å². The van der Waals surface area contributed by atoms with Crippen LogP contribution in [0, 0.1) is 6.07 Å². The average molecular weight is 935 g/mol. The van der Waals surface area contributed by atoms with Crippen LogP contribution in [0.5, 0.6) is 23.0 Å². The first-order valence-corrected chi connectivity index (χ1v) is 20.1. The monoisotopic (exact) mass is 935 g/mol. The average Bonchev–Trinajstić information content (AvgIpc) is 3.25. The van der Waals surface area contributed by atoms with E-state index in [1.165, 1.54) is 0 Å². The molecule has 0 saturated heterocycles. The van der Waals surface area contributed by atoms with Crippen molar-refractivity contribution in [1.82, 2.24) is 24.9 Å². The molecule has 295 valence electrons. The fourth-order valence-electron chi connectivity index (χ4n) is 6.66. The van der Waals surface area contributed by atoms with Gasteiger partial charge in [0.15, 0.2) is 0 Å². The summed E-state index contributed by atoms with van der Waals surface area (Å²) in [5.74, 6) is 2.99. The molecule has 0 saturated carbocycles. The molecule has 0 atom stereocenters. The summed E-state index contributed by atoms with van der Waals surface area (Å²) in [7, 11) is 0. The Kier molecular flexibility index (Phi) is 16.4. The van der Waals surface area contributed by atoms with Crippen LogP contribution in [0.3, 0.4) is 0 Å². The van der Waals surface area contributed by atoms with Crippen LogP contribution in [-0.4, -0.2) is 51.3 Å². The normalized spacial score (nSPS) is 15.0. The summed E-state index contributed by atoms with van der Waals surface area (Å²) >= 11 is 0. The van der Waals surface area contributed by atoms with Crippen molar-refractivity contribution in [2.75, 3.05) is 26.4 Å². The molecular weight excluding hydrogens is 885 g/mol. The van der Waals surface area contributed by atoms with E-state index < -0.39 is 0 Å². The Labute approximate surface area is 350 Å². The van der Waals surface area contributed by atoms with E-state index in [1.54, 1.807) is 24.8 Å². The van der Waals surface area contributed by atoms with E-state index >= 15 is 0 Å². The second kappa shape index (κ2) is 22.5. The van der Waals surface area contributed by atoms with Crippen LogP contribution in [-0.2, 0) is 20.4 Å². The maximum Gasteiger partial charge on any atom is 0.137 e. The first-order chi connectivity index (χ1) is 27.8. The number of hydrogen-bond acceptors (Lipinski definition) is 9. The number of pyridine rings is 5. The van der Waals surface area contributed by atoms with Crippen LogP contribution >= 0.6 is 0 Å². The van der Waals surface area contributed by atoms with Crippen molar-refractivity contribution in [3.05, 3.63) is 116 Å². The molecule has 5 aromatic heterocycles. The zero-order chi connectivity index (χ0) is 38.0. The van der Waals surface area contributed by atoms with Gasteiger partial charge in [0.1, 0.15) is 11.5 Å². The number of hydrogen-bond donors (Lipinski definition) is 0. The van der Waals surface area contributed by atoms with Crippen LogP contribution in [0.1, 0.15) is 77.0 Å². The predicted molar refractivity (Wildman–Crippen MR) is 220 cm³/mol. The first-order valence-electron chi connectivity index (χ1n) is 20.1. The van der Waals surface area contributed by atoms with Gasteiger partial charge in [-0.3, -0.25) is 19.9 Å². The summed E-state index contributed by atoms with van der Waals surface area (Å²) in [6.45, 7) is 2.54. The second-order valence-electron chi connectivity index (χ2n) is 14.0. The van der Waals surface area contributed by atoms with Gasteiger partial charge in [-0.1, -0.05) is 92.8 Å². The molecule has 3 aliphatic rings. The number of rotatable bonds is 2. The number of aromatic nitrogens is 5. The number of nitrogens with zero attached hydrogens (tertiary/aromatic N) is 5. The number of fused-ring (bicyclic) bond motifs is 2. The molecule has 8 bridgehead atoms. The van der Waals surface area contributed by atoms with Crippen LogP contribution in [0.2, 0.25) is 0 Å². The Morgan fingerprint density at radius 1 is 0.386 bits per heavy atom. The van der Waals surface area contributed by atoms with Crippen molar-refractivity contribution >= 4 is 0 Å². The zero-order valence-electron chi connectivity index (χ0n) is 32.5. The van der Waals surface area contributed by atoms with Gasteiger partial charge in [-0.05, 0) is 80.3 Å². The third kappa shape index (κ3) is 12.4. The first kappa shape index (κ1) is 41.5. The standard InChI is InChI=1S/C47H50N5O4.Re/c1-3-7-15-30-55-46-33-47(39(41-19-10-12-27-49-41)32-38(46)40-18-9-11-26-48-40)56-31-16-8-4-2-6-14-29-54-37-23-25-43(51-35-37)45-21-17-20-44(52-45)42-24-22-36(34-50-42)53-28-13-5-1;/h9-12,17-27,33-35H,1-8,13-16,28-31H2;/q-1;. The van der Waals surface area contributed by atoms with Gasteiger partial charge in [-0.25, -0.2) is 4.98 Å². The van der Waals surface area contributed by atoms with Gasteiger partial charge >= 0.3 is 0 Å². The molecule has 9 nitrogen and oxygen atoms in total. The molecule has 8 heterocycles. The molecule has 9 rings (SSSR count). The van der Waals surface area contributed by atoms with Crippen molar-refractivity contribution < 1.29 is 39.4 Å². The molecule has 0 spiro atoms. The Balaban J connectivity index is 0.00000549. The van der Waals surface area contributed by atoms with E-state index in [4.69, 9.17) is 23.9 Å². The molecule has 6 aromatic rings. The van der Waals surface area contributed by atoms with E-state index in [-0.39, 0.29) is 20.4 Å². The molecule has 0 unspecified atom stereocenters. The zero-order valence-corrected chi connectivity index (χ0v) is 35.2. The fourth-order valence-corrected chi connectivity index (χ4v) is 6.66. The van der Waals surface area contributed by atoms with Crippen molar-refractivity contribution in [2.24, 2.45) is 0 Å². The molecule has 0 amide bonds. The second-order valence-corrected chi connectivity index (χ2v) is 14.0. The van der Waals surface area contributed by atoms with Crippen molar-refractivity contribution in [1.29, 1.82) is 0 Å². The van der Waals surface area contributed by atoms with Gasteiger partial charge in [0.2, 0.25) is 0 Å². The molecule has 0 N–H and O–H groups in total. The number of benzene rings is 1. The SMILES string of the molecule is [Re].[c-]1c(-c2ccccn2)c2cc(c1-c1ccccn1)OCCCCCCCCOc1ccc(nc1)-c1cccc(n1)-c1ccc(cn1)OCCCCCCCCO2. The van der Waals surface area contributed by atoms with E-state index in [2.05, 4.69) is 26.0 Å². The summed E-state index contributed by atoms with van der Waals surface area (Å²) < 4.78 is 24.9. The van der Waals surface area contributed by atoms with Crippen molar-refractivity contribution in [3.8, 4) is 68.3 Å². The summed E-state index contributed by atoms with van der Waals surface area (Å²) in [6, 6.07) is 31.2. The van der Waals surface area contributed by atoms with Crippen molar-refractivity contribution in [3.63, 3.8) is 0 Å². The van der Waals surface area contributed by atoms with Gasteiger partial charge in [-0.15, -0.1) is 6.07 Å². The van der Waals surface area contributed by atoms with Gasteiger partial charge < -0.3 is 18.9 Å². The fraction of sp³-hybridized carbons (Fsp3) is 0.340. The van der Waals surface area contributed by atoms with Gasteiger partial charge in [-0.2, -0.15) is 0 Å². The van der Waals surface area contributed by atoms with E-state index in [0.29, 0.717) is 26.4 Å². The van der Waals surface area contributed by atoms with Gasteiger partial charge in [0.25, 0.3) is 0 Å². The minimum Gasteiger partial charge on any atom is -0.528 e. The van der Waals surface area contributed by atoms with E-state index in [1.807, 2.05) is 84.9 Å². The largest absolute Gasteiger partial charge is 0.528 e. The molecule has 1 radical (unpaired) electrons. The maximum absolute atomic E-state index is 6.46. The Bertz CT molecular complexity index is 1930.